The molecule has 0 unspecified atom stereocenters. The van der Waals surface area contributed by atoms with Crippen molar-refractivity contribution in [3.8, 4) is 11.5 Å². The Morgan fingerprint density at radius 3 is 2.67 bits per heavy atom. The minimum atomic E-state index is -4.40. The number of nitrogens with zero attached hydrogens (tertiary/aromatic N) is 2. The summed E-state index contributed by atoms with van der Waals surface area (Å²) in [5.74, 6) is 2.05. The fraction of sp³-hybridized carbons (Fsp3) is 0.474. The minimum Gasteiger partial charge on any atom is -0.490 e. The van der Waals surface area contributed by atoms with E-state index < -0.39 is 11.9 Å². The lowest BCUT2D eigenvalue weighted by Crippen LogP contribution is -2.38. The molecule has 2 aromatic rings. The van der Waals surface area contributed by atoms with Gasteiger partial charge in [0.15, 0.2) is 23.2 Å². The molecule has 0 fully saturated rings. The molecule has 166 valence electrons. The van der Waals surface area contributed by atoms with E-state index in [1.807, 2.05) is 25.1 Å². The number of halogens is 4. The molecule has 0 atom stereocenters. The van der Waals surface area contributed by atoms with E-state index in [0.29, 0.717) is 50.2 Å². The average molecular weight is 556 g/mol. The summed E-state index contributed by atoms with van der Waals surface area (Å²) in [6, 6.07) is 5.74. The summed E-state index contributed by atoms with van der Waals surface area (Å²) in [6.07, 6.45) is -3.17. The van der Waals surface area contributed by atoms with Crippen molar-refractivity contribution in [1.29, 1.82) is 0 Å². The average Bonchev–Trinajstić information content (AvgIpc) is 3.04. The second kappa shape index (κ2) is 11.6. The van der Waals surface area contributed by atoms with Crippen LogP contribution in [0.5, 0.6) is 11.5 Å². The monoisotopic (exact) mass is 556 g/mol. The highest BCUT2D eigenvalue weighted by Gasteiger charge is 2.33. The molecule has 0 amide bonds. The zero-order chi connectivity index (χ0) is 20.7. The SMILES string of the molecule is CCNC(=NCc1ccc2c(c1)OCCCO2)NCCc1nc(C(F)(F)F)cs1.I. The Morgan fingerprint density at radius 1 is 1.20 bits per heavy atom. The van der Waals surface area contributed by atoms with Crippen LogP contribution in [0.25, 0.3) is 0 Å². The number of rotatable bonds is 6. The molecule has 0 aliphatic carbocycles. The predicted octanol–water partition coefficient (Wildman–Crippen LogP) is 4.24. The van der Waals surface area contributed by atoms with Crippen molar-refractivity contribution in [2.75, 3.05) is 26.3 Å². The number of benzene rings is 1. The quantitative estimate of drug-likeness (QED) is 0.317. The summed E-state index contributed by atoms with van der Waals surface area (Å²) >= 11 is 1.01. The minimum absolute atomic E-state index is 0. The molecule has 0 spiro atoms. The van der Waals surface area contributed by atoms with Gasteiger partial charge in [-0.05, 0) is 24.6 Å². The van der Waals surface area contributed by atoms with Crippen LogP contribution in [0, 0.1) is 0 Å². The van der Waals surface area contributed by atoms with Crippen molar-refractivity contribution in [3.63, 3.8) is 0 Å². The molecule has 11 heteroatoms. The summed E-state index contributed by atoms with van der Waals surface area (Å²) in [6.45, 7) is 4.74. The number of hydrogen-bond donors (Lipinski definition) is 2. The van der Waals surface area contributed by atoms with Crippen molar-refractivity contribution in [3.05, 3.63) is 39.8 Å². The van der Waals surface area contributed by atoms with Gasteiger partial charge in [0.1, 0.15) is 0 Å². The maximum atomic E-state index is 12.6. The summed E-state index contributed by atoms with van der Waals surface area (Å²) in [5, 5.41) is 7.73. The fourth-order valence-corrected chi connectivity index (χ4v) is 3.47. The molecule has 0 bridgehead atoms. The highest BCUT2D eigenvalue weighted by atomic mass is 127. The lowest BCUT2D eigenvalue weighted by atomic mass is 10.2. The largest absolute Gasteiger partial charge is 0.490 e. The van der Waals surface area contributed by atoms with Crippen LogP contribution in [0.15, 0.2) is 28.6 Å². The van der Waals surface area contributed by atoms with Gasteiger partial charge in [-0.3, -0.25) is 0 Å². The van der Waals surface area contributed by atoms with E-state index in [0.717, 1.165) is 40.2 Å². The second-order valence-electron chi connectivity index (χ2n) is 6.33. The third-order valence-corrected chi connectivity index (χ3v) is 4.96. The van der Waals surface area contributed by atoms with Crippen LogP contribution in [0.3, 0.4) is 0 Å². The first-order valence-electron chi connectivity index (χ1n) is 9.38. The van der Waals surface area contributed by atoms with Gasteiger partial charge < -0.3 is 20.1 Å². The molecule has 1 aromatic heterocycles. The molecule has 1 aliphatic heterocycles. The molecule has 0 saturated carbocycles. The first-order valence-corrected chi connectivity index (χ1v) is 10.3. The Balaban J connectivity index is 0.00000320. The Hall–Kier alpha value is -1.76. The maximum absolute atomic E-state index is 12.6. The highest BCUT2D eigenvalue weighted by Crippen LogP contribution is 2.31. The van der Waals surface area contributed by atoms with Crippen LogP contribution >= 0.6 is 35.3 Å². The smallest absolute Gasteiger partial charge is 0.434 e. The highest BCUT2D eigenvalue weighted by molar-refractivity contribution is 14.0. The first kappa shape index (κ1) is 24.5. The van der Waals surface area contributed by atoms with Crippen LogP contribution in [-0.4, -0.2) is 37.2 Å². The zero-order valence-corrected chi connectivity index (χ0v) is 19.6. The summed E-state index contributed by atoms with van der Waals surface area (Å²) in [4.78, 5) is 8.17. The van der Waals surface area contributed by atoms with Gasteiger partial charge in [-0.1, -0.05) is 6.07 Å². The van der Waals surface area contributed by atoms with Crippen LogP contribution in [0.2, 0.25) is 0 Å². The zero-order valence-electron chi connectivity index (χ0n) is 16.4. The number of aromatic nitrogens is 1. The Morgan fingerprint density at radius 2 is 1.97 bits per heavy atom. The van der Waals surface area contributed by atoms with Gasteiger partial charge in [-0.15, -0.1) is 35.3 Å². The summed E-state index contributed by atoms with van der Waals surface area (Å²) < 4.78 is 49.2. The third-order valence-electron chi connectivity index (χ3n) is 4.05. The Labute approximate surface area is 194 Å². The molecule has 0 saturated heterocycles. The first-order chi connectivity index (χ1) is 14.0. The fourth-order valence-electron chi connectivity index (χ4n) is 2.66. The van der Waals surface area contributed by atoms with E-state index in [-0.39, 0.29) is 24.0 Å². The second-order valence-corrected chi connectivity index (χ2v) is 7.27. The van der Waals surface area contributed by atoms with E-state index in [1.54, 1.807) is 0 Å². The Kier molecular flexibility index (Phi) is 9.46. The molecule has 2 heterocycles. The van der Waals surface area contributed by atoms with Crippen molar-refractivity contribution in [2.24, 2.45) is 4.99 Å². The molecule has 6 nitrogen and oxygen atoms in total. The van der Waals surface area contributed by atoms with Crippen molar-refractivity contribution < 1.29 is 22.6 Å². The number of fused-ring (bicyclic) bond motifs is 1. The number of hydrogen-bond acceptors (Lipinski definition) is 5. The number of alkyl halides is 3. The molecule has 1 aromatic carbocycles. The number of ether oxygens (including phenoxy) is 2. The van der Waals surface area contributed by atoms with Crippen LogP contribution in [0.4, 0.5) is 13.2 Å². The van der Waals surface area contributed by atoms with E-state index in [9.17, 15) is 13.2 Å². The predicted molar refractivity (Wildman–Crippen MR) is 121 cm³/mol. The number of thiazole rings is 1. The number of aliphatic imine (C=N–C) groups is 1. The maximum Gasteiger partial charge on any atom is 0.434 e. The Bertz CT molecular complexity index is 845. The van der Waals surface area contributed by atoms with Crippen molar-refractivity contribution >= 4 is 41.3 Å². The molecule has 0 radical (unpaired) electrons. The lowest BCUT2D eigenvalue weighted by Gasteiger charge is -2.11. The third kappa shape index (κ3) is 7.18. The standard InChI is InChI=1S/C19H23F3N4O2S.HI/c1-2-23-18(24-7-6-17-26-16(12-29-17)19(20,21)22)25-11-13-4-5-14-15(10-13)28-9-3-8-27-14;/h4-5,10,12H,2-3,6-9,11H2,1H3,(H2,23,24,25);1H. The van der Waals surface area contributed by atoms with Crippen molar-refractivity contribution in [1.82, 2.24) is 15.6 Å². The molecule has 3 rings (SSSR count). The topological polar surface area (TPSA) is 67.8 Å². The van der Waals surface area contributed by atoms with E-state index in [2.05, 4.69) is 20.6 Å². The molecular formula is C19H24F3IN4O2S. The molecule has 1 aliphatic rings. The van der Waals surface area contributed by atoms with Crippen molar-refractivity contribution in [2.45, 2.75) is 32.5 Å². The number of nitrogens with one attached hydrogen (secondary N) is 2. The normalized spacial score (nSPS) is 13.9. The van der Waals surface area contributed by atoms with Gasteiger partial charge in [0.05, 0.1) is 24.8 Å². The lowest BCUT2D eigenvalue weighted by molar-refractivity contribution is -0.140. The molecule has 2 N–H and O–H groups in total. The van der Waals surface area contributed by atoms with E-state index in [1.165, 1.54) is 0 Å². The van der Waals surface area contributed by atoms with E-state index in [4.69, 9.17) is 9.47 Å². The summed E-state index contributed by atoms with van der Waals surface area (Å²) in [5.41, 5.74) is 0.133. The summed E-state index contributed by atoms with van der Waals surface area (Å²) in [7, 11) is 0. The van der Waals surface area contributed by atoms with Crippen LogP contribution in [-0.2, 0) is 19.1 Å². The van der Waals surface area contributed by atoms with Gasteiger partial charge in [-0.2, -0.15) is 13.2 Å². The van der Waals surface area contributed by atoms with E-state index >= 15 is 0 Å². The van der Waals surface area contributed by atoms with Crippen LogP contribution in [0.1, 0.15) is 29.6 Å². The molecule has 30 heavy (non-hydrogen) atoms. The number of guanidine groups is 1. The van der Waals surface area contributed by atoms with Crippen LogP contribution < -0.4 is 20.1 Å². The van der Waals surface area contributed by atoms with Gasteiger partial charge in [0, 0.05) is 31.3 Å². The van der Waals surface area contributed by atoms with Gasteiger partial charge in [0.25, 0.3) is 0 Å². The molecular weight excluding hydrogens is 532 g/mol. The van der Waals surface area contributed by atoms with Gasteiger partial charge in [0.2, 0.25) is 0 Å². The van der Waals surface area contributed by atoms with Gasteiger partial charge in [-0.25, -0.2) is 9.98 Å². The van der Waals surface area contributed by atoms with Gasteiger partial charge >= 0.3 is 6.18 Å².